The molecule has 25 heavy (non-hydrogen) atoms. The van der Waals surface area contributed by atoms with E-state index < -0.39 is 5.60 Å². The van der Waals surface area contributed by atoms with Crippen molar-refractivity contribution >= 4 is 18.5 Å². The molecule has 0 aromatic heterocycles. The lowest BCUT2D eigenvalue weighted by molar-refractivity contribution is 0.0905. The summed E-state index contributed by atoms with van der Waals surface area (Å²) >= 11 is 0. The molecule has 1 fully saturated rings. The van der Waals surface area contributed by atoms with E-state index in [-0.39, 0.29) is 7.92 Å². The molecule has 3 rings (SSSR count). The molecule has 1 aliphatic rings. The lowest BCUT2D eigenvalue weighted by Gasteiger charge is -2.22. The Bertz CT molecular complexity index is 660. The SMILES string of the molecule is C=C(/C=C/CCP(c1ccccc1)c1ccccc1)C1(O)CCCC1. The monoisotopic (exact) mass is 350 g/mol. The first-order valence-electron chi connectivity index (χ1n) is 9.15. The molecule has 0 radical (unpaired) electrons. The van der Waals surface area contributed by atoms with Crippen LogP contribution in [0.4, 0.5) is 0 Å². The van der Waals surface area contributed by atoms with Gasteiger partial charge in [0.2, 0.25) is 0 Å². The summed E-state index contributed by atoms with van der Waals surface area (Å²) < 4.78 is 0. The maximum Gasteiger partial charge on any atom is 0.0890 e. The quantitative estimate of drug-likeness (QED) is 0.555. The van der Waals surface area contributed by atoms with E-state index in [2.05, 4.69) is 79.4 Å². The van der Waals surface area contributed by atoms with Crippen molar-refractivity contribution in [2.24, 2.45) is 0 Å². The molecule has 0 atom stereocenters. The zero-order valence-electron chi connectivity index (χ0n) is 14.8. The summed E-state index contributed by atoms with van der Waals surface area (Å²) in [7, 11) is -0.348. The van der Waals surface area contributed by atoms with Crippen LogP contribution in [0.5, 0.6) is 0 Å². The van der Waals surface area contributed by atoms with Crippen molar-refractivity contribution in [1.82, 2.24) is 0 Å². The van der Waals surface area contributed by atoms with Crippen LogP contribution in [0.1, 0.15) is 32.1 Å². The maximum absolute atomic E-state index is 10.6. The molecule has 0 spiro atoms. The fourth-order valence-electron chi connectivity index (χ4n) is 3.49. The summed E-state index contributed by atoms with van der Waals surface area (Å²) in [6.07, 6.45) is 10.3. The first kappa shape index (κ1) is 18.1. The molecule has 0 aliphatic heterocycles. The molecular formula is C23H27OP. The van der Waals surface area contributed by atoms with Gasteiger partial charge in [-0.05, 0) is 49.5 Å². The van der Waals surface area contributed by atoms with E-state index in [0.29, 0.717) is 0 Å². The summed E-state index contributed by atoms with van der Waals surface area (Å²) in [5.41, 5.74) is 0.230. The molecule has 0 amide bonds. The molecule has 1 saturated carbocycles. The average Bonchev–Trinajstić information content (AvgIpc) is 3.11. The Balaban J connectivity index is 1.65. The van der Waals surface area contributed by atoms with Crippen LogP contribution in [-0.2, 0) is 0 Å². The summed E-state index contributed by atoms with van der Waals surface area (Å²) in [6.45, 7) is 4.11. The zero-order valence-corrected chi connectivity index (χ0v) is 15.7. The van der Waals surface area contributed by atoms with Gasteiger partial charge in [0, 0.05) is 0 Å². The third kappa shape index (κ3) is 4.69. The van der Waals surface area contributed by atoms with Crippen LogP contribution in [0.25, 0.3) is 0 Å². The van der Waals surface area contributed by atoms with E-state index in [4.69, 9.17) is 0 Å². The average molecular weight is 350 g/mol. The van der Waals surface area contributed by atoms with Crippen molar-refractivity contribution in [3.05, 3.63) is 85.0 Å². The van der Waals surface area contributed by atoms with Crippen LogP contribution in [0, 0.1) is 0 Å². The van der Waals surface area contributed by atoms with Gasteiger partial charge in [-0.3, -0.25) is 0 Å². The van der Waals surface area contributed by atoms with Crippen molar-refractivity contribution in [3.63, 3.8) is 0 Å². The van der Waals surface area contributed by atoms with Gasteiger partial charge in [-0.25, -0.2) is 0 Å². The first-order valence-corrected chi connectivity index (χ1v) is 10.7. The third-order valence-corrected chi connectivity index (χ3v) is 7.55. The van der Waals surface area contributed by atoms with E-state index in [0.717, 1.165) is 43.8 Å². The van der Waals surface area contributed by atoms with Gasteiger partial charge in [0.1, 0.15) is 0 Å². The van der Waals surface area contributed by atoms with E-state index in [1.54, 1.807) is 0 Å². The van der Waals surface area contributed by atoms with Gasteiger partial charge in [0.15, 0.2) is 0 Å². The molecule has 1 aliphatic carbocycles. The number of aliphatic hydroxyl groups is 1. The molecule has 1 nitrogen and oxygen atoms in total. The second-order valence-electron chi connectivity index (χ2n) is 6.78. The molecule has 2 aromatic carbocycles. The Labute approximate surface area is 152 Å². The second kappa shape index (κ2) is 8.61. The Morgan fingerprint density at radius 2 is 1.48 bits per heavy atom. The molecular weight excluding hydrogens is 323 g/mol. The lowest BCUT2D eigenvalue weighted by Crippen LogP contribution is -2.25. The minimum absolute atomic E-state index is 0.348. The number of hydrogen-bond donors (Lipinski definition) is 1. The van der Waals surface area contributed by atoms with Crippen molar-refractivity contribution in [2.75, 3.05) is 6.16 Å². The topological polar surface area (TPSA) is 20.2 Å². The third-order valence-electron chi connectivity index (χ3n) is 5.00. The van der Waals surface area contributed by atoms with E-state index in [1.165, 1.54) is 10.6 Å². The minimum atomic E-state index is -0.653. The predicted molar refractivity (Wildman–Crippen MR) is 110 cm³/mol. The van der Waals surface area contributed by atoms with Crippen molar-refractivity contribution < 1.29 is 5.11 Å². The first-order chi connectivity index (χ1) is 12.2. The second-order valence-corrected chi connectivity index (χ2v) is 9.11. The fourth-order valence-corrected chi connectivity index (χ4v) is 5.77. The predicted octanol–water partition coefficient (Wildman–Crippen LogP) is 4.93. The molecule has 2 heteroatoms. The molecule has 2 aromatic rings. The molecule has 1 N–H and O–H groups in total. The maximum atomic E-state index is 10.6. The Morgan fingerprint density at radius 1 is 0.960 bits per heavy atom. The van der Waals surface area contributed by atoms with Gasteiger partial charge in [-0.15, -0.1) is 0 Å². The van der Waals surface area contributed by atoms with Crippen LogP contribution in [0.2, 0.25) is 0 Å². The molecule has 130 valence electrons. The Hall–Kier alpha value is -1.69. The van der Waals surface area contributed by atoms with E-state index in [1.807, 2.05) is 0 Å². The smallest absolute Gasteiger partial charge is 0.0890 e. The highest BCUT2D eigenvalue weighted by atomic mass is 31.1. The van der Waals surface area contributed by atoms with E-state index >= 15 is 0 Å². The highest BCUT2D eigenvalue weighted by Crippen LogP contribution is 2.36. The van der Waals surface area contributed by atoms with Crippen molar-refractivity contribution in [3.8, 4) is 0 Å². The van der Waals surface area contributed by atoms with Crippen LogP contribution in [-0.4, -0.2) is 16.9 Å². The van der Waals surface area contributed by atoms with Gasteiger partial charge in [-0.1, -0.05) is 92.2 Å². The van der Waals surface area contributed by atoms with Gasteiger partial charge in [0.25, 0.3) is 0 Å². The fraction of sp³-hybridized carbons (Fsp3) is 0.304. The van der Waals surface area contributed by atoms with Gasteiger partial charge >= 0.3 is 0 Å². The number of hydrogen-bond acceptors (Lipinski definition) is 1. The summed E-state index contributed by atoms with van der Waals surface area (Å²) in [5.74, 6) is 0. The minimum Gasteiger partial charge on any atom is -0.385 e. The summed E-state index contributed by atoms with van der Waals surface area (Å²) in [5, 5.41) is 13.4. The molecule has 0 unspecified atom stereocenters. The van der Waals surface area contributed by atoms with Crippen LogP contribution < -0.4 is 10.6 Å². The lowest BCUT2D eigenvalue weighted by atomic mass is 9.93. The standard InChI is InChI=1S/C23H27OP/c1-20(23(24)17-9-10-18-23)12-8-11-19-25(21-13-4-2-5-14-21)22-15-6-3-7-16-22/h2-8,12-16,24H,1,9-11,17-19H2/b12-8+. The van der Waals surface area contributed by atoms with Gasteiger partial charge < -0.3 is 5.11 Å². The number of rotatable bonds is 7. The normalized spacial score (nSPS) is 16.6. The molecule has 0 heterocycles. The van der Waals surface area contributed by atoms with Crippen molar-refractivity contribution in [2.45, 2.75) is 37.7 Å². The van der Waals surface area contributed by atoms with Crippen LogP contribution in [0.15, 0.2) is 85.0 Å². The van der Waals surface area contributed by atoms with Crippen LogP contribution in [0.3, 0.4) is 0 Å². The Kier molecular flexibility index (Phi) is 6.24. The molecule has 0 bridgehead atoms. The number of benzene rings is 2. The molecule has 0 saturated heterocycles. The van der Waals surface area contributed by atoms with Gasteiger partial charge in [0.05, 0.1) is 5.60 Å². The highest BCUT2D eigenvalue weighted by molar-refractivity contribution is 7.73. The Morgan fingerprint density at radius 3 is 2.00 bits per heavy atom. The van der Waals surface area contributed by atoms with Crippen molar-refractivity contribution in [1.29, 1.82) is 0 Å². The summed E-state index contributed by atoms with van der Waals surface area (Å²) in [4.78, 5) is 0. The zero-order chi connectivity index (χ0) is 17.5. The van der Waals surface area contributed by atoms with E-state index in [9.17, 15) is 5.11 Å². The highest BCUT2D eigenvalue weighted by Gasteiger charge is 2.32. The van der Waals surface area contributed by atoms with Gasteiger partial charge in [-0.2, -0.15) is 0 Å². The number of allylic oxidation sites excluding steroid dienone is 1. The largest absolute Gasteiger partial charge is 0.385 e. The van der Waals surface area contributed by atoms with Crippen LogP contribution >= 0.6 is 7.92 Å². The summed E-state index contributed by atoms with van der Waals surface area (Å²) in [6, 6.07) is 21.6.